The lowest BCUT2D eigenvalue weighted by Gasteiger charge is -2.50. The second-order valence-electron chi connectivity index (χ2n) is 8.17. The summed E-state index contributed by atoms with van der Waals surface area (Å²) < 4.78 is 6.28. The Morgan fingerprint density at radius 2 is 2.24 bits per heavy atom. The maximum absolute atomic E-state index is 12.0. The topological polar surface area (TPSA) is 108 Å². The van der Waals surface area contributed by atoms with E-state index in [4.69, 9.17) is 4.74 Å². The molecular weight excluding hydrogens is 376 g/mol. The number of ether oxygens (including phenoxy) is 1. The van der Waals surface area contributed by atoms with E-state index in [1.165, 1.54) is 12.1 Å². The van der Waals surface area contributed by atoms with Crippen LogP contribution in [-0.4, -0.2) is 77.7 Å². The van der Waals surface area contributed by atoms with Crippen LogP contribution < -0.4 is 5.32 Å². The lowest BCUT2D eigenvalue weighted by molar-refractivity contribution is -0.385. The number of phenols is 1. The van der Waals surface area contributed by atoms with Gasteiger partial charge in [-0.2, -0.15) is 0 Å². The lowest BCUT2D eigenvalue weighted by atomic mass is 9.78. The number of nitro groups is 1. The van der Waals surface area contributed by atoms with Gasteiger partial charge < -0.3 is 20.1 Å². The number of hydrogen-bond donors (Lipinski definition) is 2. The Labute approximate surface area is 170 Å². The molecule has 1 aliphatic heterocycles. The number of carbonyl (C=O) groups is 1. The molecular formula is C20H30N4O5. The van der Waals surface area contributed by atoms with Crippen molar-refractivity contribution in [2.45, 2.75) is 43.9 Å². The maximum atomic E-state index is 12.0. The van der Waals surface area contributed by atoms with E-state index in [2.05, 4.69) is 10.2 Å². The Morgan fingerprint density at radius 3 is 2.97 bits per heavy atom. The summed E-state index contributed by atoms with van der Waals surface area (Å²) in [5.41, 5.74) is 0.158. The summed E-state index contributed by atoms with van der Waals surface area (Å²) in [5, 5.41) is 24.2. The molecule has 1 aromatic carbocycles. The number of phenolic OH excluding ortho intramolecular Hbond substituents is 1. The van der Waals surface area contributed by atoms with E-state index < -0.39 is 4.92 Å². The van der Waals surface area contributed by atoms with Crippen molar-refractivity contribution in [2.75, 3.05) is 40.3 Å². The van der Waals surface area contributed by atoms with Crippen molar-refractivity contribution in [2.24, 2.45) is 0 Å². The normalized spacial score (nSPS) is 25.1. The van der Waals surface area contributed by atoms with E-state index in [0.29, 0.717) is 19.7 Å². The number of nitro benzene ring substituents is 1. The Kier molecular flexibility index (Phi) is 6.71. The van der Waals surface area contributed by atoms with Crippen molar-refractivity contribution in [1.82, 2.24) is 15.1 Å². The van der Waals surface area contributed by atoms with Gasteiger partial charge in [-0.25, -0.2) is 0 Å². The molecule has 160 valence electrons. The Bertz CT molecular complexity index is 752. The van der Waals surface area contributed by atoms with Gasteiger partial charge in [-0.15, -0.1) is 0 Å². The number of nitrogens with one attached hydrogen (secondary N) is 1. The number of rotatable bonds is 6. The molecule has 2 atom stereocenters. The van der Waals surface area contributed by atoms with Crippen molar-refractivity contribution in [1.29, 1.82) is 0 Å². The highest BCUT2D eigenvalue weighted by molar-refractivity contribution is 5.77. The van der Waals surface area contributed by atoms with Crippen molar-refractivity contribution in [3.63, 3.8) is 0 Å². The van der Waals surface area contributed by atoms with Crippen molar-refractivity contribution in [3.05, 3.63) is 33.9 Å². The number of carbonyl (C=O) groups excluding carboxylic acids is 1. The number of hydrogen-bond acceptors (Lipinski definition) is 7. The molecule has 0 radical (unpaired) electrons. The SMILES string of the molecule is CN(C)C(=O)CNC1CCCCC12CN(Cc1ccc(O)c([N+](=O)[O-])c1)CCO2. The molecule has 1 spiro atoms. The molecule has 9 heteroatoms. The fourth-order valence-corrected chi connectivity index (χ4v) is 4.32. The molecule has 29 heavy (non-hydrogen) atoms. The number of morpholine rings is 1. The number of aromatic hydroxyl groups is 1. The number of amides is 1. The summed E-state index contributed by atoms with van der Waals surface area (Å²) in [6.07, 6.45) is 4.06. The van der Waals surface area contributed by atoms with E-state index in [9.17, 15) is 20.0 Å². The molecule has 0 aromatic heterocycles. The first-order valence-corrected chi connectivity index (χ1v) is 10.1. The lowest BCUT2D eigenvalue weighted by Crippen LogP contribution is -2.63. The third-order valence-corrected chi connectivity index (χ3v) is 5.91. The molecule has 1 heterocycles. The molecule has 1 amide bonds. The van der Waals surface area contributed by atoms with Gasteiger partial charge in [0.15, 0.2) is 5.75 Å². The summed E-state index contributed by atoms with van der Waals surface area (Å²) in [7, 11) is 3.49. The van der Waals surface area contributed by atoms with Crippen molar-refractivity contribution < 1.29 is 19.6 Å². The zero-order valence-corrected chi connectivity index (χ0v) is 17.1. The third kappa shape index (κ3) is 5.04. The monoisotopic (exact) mass is 406 g/mol. The molecule has 0 bridgehead atoms. The number of likely N-dealkylation sites (N-methyl/N-ethyl adjacent to an activating group) is 1. The fraction of sp³-hybridized carbons (Fsp3) is 0.650. The van der Waals surface area contributed by atoms with Crippen LogP contribution >= 0.6 is 0 Å². The summed E-state index contributed by atoms with van der Waals surface area (Å²) in [6, 6.07) is 4.62. The minimum absolute atomic E-state index is 0.0368. The third-order valence-electron chi connectivity index (χ3n) is 5.91. The van der Waals surface area contributed by atoms with E-state index in [1.54, 1.807) is 25.1 Å². The van der Waals surface area contributed by atoms with Gasteiger partial charge in [-0.3, -0.25) is 19.8 Å². The zero-order chi connectivity index (χ0) is 21.0. The quantitative estimate of drug-likeness (QED) is 0.544. The molecule has 9 nitrogen and oxygen atoms in total. The van der Waals surface area contributed by atoms with Crippen LogP contribution in [0.1, 0.15) is 31.2 Å². The minimum Gasteiger partial charge on any atom is -0.502 e. The largest absolute Gasteiger partial charge is 0.502 e. The molecule has 3 rings (SSSR count). The number of nitrogens with zero attached hydrogens (tertiary/aromatic N) is 3. The summed E-state index contributed by atoms with van der Waals surface area (Å²) >= 11 is 0. The van der Waals surface area contributed by atoms with Crippen LogP contribution in [0.4, 0.5) is 5.69 Å². The highest BCUT2D eigenvalue weighted by Crippen LogP contribution is 2.36. The van der Waals surface area contributed by atoms with E-state index in [0.717, 1.165) is 37.8 Å². The predicted molar refractivity (Wildman–Crippen MR) is 108 cm³/mol. The Balaban J connectivity index is 1.70. The first-order valence-electron chi connectivity index (χ1n) is 10.1. The van der Waals surface area contributed by atoms with E-state index in [-0.39, 0.29) is 35.5 Å². The Hall–Kier alpha value is -2.23. The van der Waals surface area contributed by atoms with Gasteiger partial charge in [0, 0.05) is 45.8 Å². The molecule has 1 aliphatic carbocycles. The van der Waals surface area contributed by atoms with Crippen LogP contribution in [0.25, 0.3) is 0 Å². The van der Waals surface area contributed by atoms with Crippen LogP contribution in [0.15, 0.2) is 18.2 Å². The van der Waals surface area contributed by atoms with Gasteiger partial charge in [0.05, 0.1) is 23.7 Å². The number of benzene rings is 1. The van der Waals surface area contributed by atoms with Crippen LogP contribution in [-0.2, 0) is 16.1 Å². The van der Waals surface area contributed by atoms with Gasteiger partial charge in [-0.05, 0) is 24.5 Å². The fourth-order valence-electron chi connectivity index (χ4n) is 4.32. The molecule has 2 N–H and O–H groups in total. The van der Waals surface area contributed by atoms with Gasteiger partial charge >= 0.3 is 5.69 Å². The maximum Gasteiger partial charge on any atom is 0.311 e. The van der Waals surface area contributed by atoms with E-state index >= 15 is 0 Å². The zero-order valence-electron chi connectivity index (χ0n) is 17.1. The standard InChI is InChI=1S/C20H30N4O5/c1-22(2)19(26)12-21-18-5-3-4-8-20(18)14-23(9-10-29-20)13-15-6-7-17(25)16(11-15)24(27)28/h6-7,11,18,21,25H,3-5,8-10,12-14H2,1-2H3. The molecule has 1 saturated carbocycles. The predicted octanol–water partition coefficient (Wildman–Crippen LogP) is 1.49. The van der Waals surface area contributed by atoms with Gasteiger partial charge in [0.25, 0.3) is 0 Å². The van der Waals surface area contributed by atoms with Crippen molar-refractivity contribution >= 4 is 11.6 Å². The molecule has 2 aliphatic rings. The summed E-state index contributed by atoms with van der Waals surface area (Å²) in [6.45, 7) is 2.86. The molecule has 2 unspecified atom stereocenters. The molecule has 1 saturated heterocycles. The highest BCUT2D eigenvalue weighted by Gasteiger charge is 2.45. The second kappa shape index (κ2) is 9.06. The Morgan fingerprint density at radius 1 is 1.45 bits per heavy atom. The highest BCUT2D eigenvalue weighted by atomic mass is 16.6. The molecule has 1 aromatic rings. The van der Waals surface area contributed by atoms with Gasteiger partial charge in [0.1, 0.15) is 0 Å². The first kappa shape index (κ1) is 21.5. The van der Waals surface area contributed by atoms with Crippen LogP contribution in [0, 0.1) is 10.1 Å². The molecule has 2 fully saturated rings. The van der Waals surface area contributed by atoms with Crippen LogP contribution in [0.5, 0.6) is 5.75 Å². The minimum atomic E-state index is -0.567. The average Bonchev–Trinajstić information content (AvgIpc) is 2.68. The van der Waals surface area contributed by atoms with Crippen LogP contribution in [0.2, 0.25) is 0 Å². The van der Waals surface area contributed by atoms with Crippen molar-refractivity contribution in [3.8, 4) is 5.75 Å². The summed E-state index contributed by atoms with van der Waals surface area (Å²) in [5.74, 6) is -0.283. The second-order valence-corrected chi connectivity index (χ2v) is 8.17. The average molecular weight is 406 g/mol. The first-order chi connectivity index (χ1) is 13.8. The van der Waals surface area contributed by atoms with E-state index in [1.807, 2.05) is 0 Å². The smallest absolute Gasteiger partial charge is 0.311 e. The van der Waals surface area contributed by atoms with Gasteiger partial charge in [0.2, 0.25) is 5.91 Å². The van der Waals surface area contributed by atoms with Gasteiger partial charge in [-0.1, -0.05) is 18.9 Å². The van der Waals surface area contributed by atoms with Crippen LogP contribution in [0.3, 0.4) is 0 Å². The summed E-state index contributed by atoms with van der Waals surface area (Å²) in [4.78, 5) is 26.4.